The Hall–Kier alpha value is -1.64. The summed E-state index contributed by atoms with van der Waals surface area (Å²) >= 11 is 0. The molecular weight excluding hydrogens is 181 g/mol. The highest BCUT2D eigenvalue weighted by atomic mass is 19.1. The smallest absolute Gasteiger partial charge is 0.141 e. The Morgan fingerprint density at radius 1 is 1.21 bits per heavy atom. The van der Waals surface area contributed by atoms with Gasteiger partial charge >= 0.3 is 0 Å². The van der Waals surface area contributed by atoms with Crippen molar-refractivity contribution in [3.8, 4) is 11.1 Å². The van der Waals surface area contributed by atoms with E-state index in [0.29, 0.717) is 17.0 Å². The maximum absolute atomic E-state index is 13.4. The molecule has 0 fully saturated rings. The van der Waals surface area contributed by atoms with Crippen LogP contribution in [0.4, 0.5) is 4.39 Å². The Labute approximate surface area is 81.3 Å². The summed E-state index contributed by atoms with van der Waals surface area (Å²) in [4.78, 5) is 0. The molecule has 2 nitrogen and oxygen atoms in total. The number of aryl methyl sites for hydroxylation is 2. The third-order valence-electron chi connectivity index (χ3n) is 2.18. The van der Waals surface area contributed by atoms with Gasteiger partial charge in [-0.3, -0.25) is 0 Å². The SMILES string of the molecule is Cc1noc(C)c1-c1ccccc1F. The fourth-order valence-electron chi connectivity index (χ4n) is 1.53. The molecule has 0 unspecified atom stereocenters. The van der Waals surface area contributed by atoms with Crippen LogP contribution in [0.25, 0.3) is 11.1 Å². The first kappa shape index (κ1) is 8.94. The monoisotopic (exact) mass is 191 g/mol. The third-order valence-corrected chi connectivity index (χ3v) is 2.18. The van der Waals surface area contributed by atoms with Crippen LogP contribution in [0.1, 0.15) is 11.5 Å². The van der Waals surface area contributed by atoms with Crippen LogP contribution in [0.15, 0.2) is 28.8 Å². The number of benzene rings is 1. The summed E-state index contributed by atoms with van der Waals surface area (Å²) in [6.07, 6.45) is 0. The molecular formula is C11H10FNO. The van der Waals surface area contributed by atoms with Gasteiger partial charge in [-0.05, 0) is 19.9 Å². The Balaban J connectivity index is 2.66. The van der Waals surface area contributed by atoms with Gasteiger partial charge in [0.05, 0.1) is 11.3 Å². The summed E-state index contributed by atoms with van der Waals surface area (Å²) in [5, 5.41) is 3.79. The van der Waals surface area contributed by atoms with Crippen molar-refractivity contribution in [2.24, 2.45) is 0 Å². The molecule has 0 atom stereocenters. The zero-order chi connectivity index (χ0) is 10.1. The lowest BCUT2D eigenvalue weighted by molar-refractivity contribution is 0.393. The molecule has 0 aliphatic carbocycles. The number of halogens is 1. The molecule has 0 spiro atoms. The Morgan fingerprint density at radius 3 is 2.50 bits per heavy atom. The molecule has 2 rings (SSSR count). The molecule has 2 aromatic rings. The Kier molecular flexibility index (Phi) is 2.08. The van der Waals surface area contributed by atoms with E-state index in [9.17, 15) is 4.39 Å². The highest BCUT2D eigenvalue weighted by Gasteiger charge is 2.14. The van der Waals surface area contributed by atoms with E-state index in [1.54, 1.807) is 32.0 Å². The quantitative estimate of drug-likeness (QED) is 0.692. The number of aromatic nitrogens is 1. The van der Waals surface area contributed by atoms with E-state index in [1.807, 2.05) is 0 Å². The van der Waals surface area contributed by atoms with Crippen LogP contribution in [-0.2, 0) is 0 Å². The van der Waals surface area contributed by atoms with E-state index in [0.717, 1.165) is 5.56 Å². The first-order chi connectivity index (χ1) is 6.70. The fraction of sp³-hybridized carbons (Fsp3) is 0.182. The maximum Gasteiger partial charge on any atom is 0.141 e. The van der Waals surface area contributed by atoms with Crippen LogP contribution < -0.4 is 0 Å². The van der Waals surface area contributed by atoms with Gasteiger partial charge in [0.15, 0.2) is 0 Å². The lowest BCUT2D eigenvalue weighted by Gasteiger charge is -2.00. The number of rotatable bonds is 1. The van der Waals surface area contributed by atoms with Gasteiger partial charge in [-0.1, -0.05) is 23.4 Å². The lowest BCUT2D eigenvalue weighted by Crippen LogP contribution is -1.86. The predicted molar refractivity (Wildman–Crippen MR) is 51.4 cm³/mol. The first-order valence-corrected chi connectivity index (χ1v) is 4.38. The van der Waals surface area contributed by atoms with Gasteiger partial charge in [0.2, 0.25) is 0 Å². The van der Waals surface area contributed by atoms with Crippen LogP contribution in [0.3, 0.4) is 0 Å². The second-order valence-corrected chi connectivity index (χ2v) is 3.18. The molecule has 1 aromatic carbocycles. The third kappa shape index (κ3) is 1.31. The van der Waals surface area contributed by atoms with Gasteiger partial charge in [-0.15, -0.1) is 0 Å². The minimum Gasteiger partial charge on any atom is -0.361 e. The highest BCUT2D eigenvalue weighted by Crippen LogP contribution is 2.28. The zero-order valence-electron chi connectivity index (χ0n) is 8.04. The summed E-state index contributed by atoms with van der Waals surface area (Å²) in [5.41, 5.74) is 2.01. The van der Waals surface area contributed by atoms with E-state index >= 15 is 0 Å². The van der Waals surface area contributed by atoms with Gasteiger partial charge in [0, 0.05) is 5.56 Å². The molecule has 0 amide bonds. The van der Waals surface area contributed by atoms with E-state index in [-0.39, 0.29) is 5.82 Å². The van der Waals surface area contributed by atoms with Crippen molar-refractivity contribution in [2.45, 2.75) is 13.8 Å². The minimum atomic E-state index is -0.248. The van der Waals surface area contributed by atoms with Gasteiger partial charge in [-0.2, -0.15) is 0 Å². The van der Waals surface area contributed by atoms with Crippen LogP contribution in [0.5, 0.6) is 0 Å². The standard InChI is InChI=1S/C11H10FNO/c1-7-11(8(2)14-13-7)9-5-3-4-6-10(9)12/h3-6H,1-2H3. The van der Waals surface area contributed by atoms with Crippen LogP contribution >= 0.6 is 0 Å². The molecule has 0 bridgehead atoms. The number of hydrogen-bond donors (Lipinski definition) is 0. The summed E-state index contributed by atoms with van der Waals surface area (Å²) in [5.74, 6) is 0.398. The molecule has 3 heteroatoms. The van der Waals surface area contributed by atoms with E-state index in [1.165, 1.54) is 6.07 Å². The second-order valence-electron chi connectivity index (χ2n) is 3.18. The average Bonchev–Trinajstić information content (AvgIpc) is 2.48. The molecule has 1 aromatic heterocycles. The van der Waals surface area contributed by atoms with Gasteiger partial charge < -0.3 is 4.52 Å². The summed E-state index contributed by atoms with van der Waals surface area (Å²) < 4.78 is 18.4. The molecule has 0 N–H and O–H groups in total. The number of hydrogen-bond acceptors (Lipinski definition) is 2. The minimum absolute atomic E-state index is 0.248. The van der Waals surface area contributed by atoms with E-state index in [2.05, 4.69) is 5.16 Å². The fourth-order valence-corrected chi connectivity index (χ4v) is 1.53. The molecule has 0 saturated heterocycles. The Morgan fingerprint density at radius 2 is 1.93 bits per heavy atom. The molecule has 0 radical (unpaired) electrons. The van der Waals surface area contributed by atoms with Crippen molar-refractivity contribution in [1.29, 1.82) is 0 Å². The molecule has 1 heterocycles. The van der Waals surface area contributed by atoms with Crippen molar-refractivity contribution >= 4 is 0 Å². The van der Waals surface area contributed by atoms with Crippen molar-refractivity contribution in [3.63, 3.8) is 0 Å². The molecule has 72 valence electrons. The lowest BCUT2D eigenvalue weighted by atomic mass is 10.0. The van der Waals surface area contributed by atoms with Crippen molar-refractivity contribution < 1.29 is 8.91 Å². The molecule has 0 aliphatic rings. The number of nitrogens with zero attached hydrogens (tertiary/aromatic N) is 1. The Bertz CT molecular complexity index is 443. The summed E-state index contributed by atoms with van der Waals surface area (Å²) in [6, 6.07) is 6.62. The highest BCUT2D eigenvalue weighted by molar-refractivity contribution is 5.67. The van der Waals surface area contributed by atoms with Gasteiger partial charge in [0.25, 0.3) is 0 Å². The largest absolute Gasteiger partial charge is 0.361 e. The predicted octanol–water partition coefficient (Wildman–Crippen LogP) is 3.10. The molecule has 0 saturated carbocycles. The molecule has 14 heavy (non-hydrogen) atoms. The van der Waals surface area contributed by atoms with Crippen molar-refractivity contribution in [2.75, 3.05) is 0 Å². The van der Waals surface area contributed by atoms with E-state index in [4.69, 9.17) is 4.52 Å². The van der Waals surface area contributed by atoms with Crippen LogP contribution in [-0.4, -0.2) is 5.16 Å². The first-order valence-electron chi connectivity index (χ1n) is 4.38. The van der Waals surface area contributed by atoms with Crippen molar-refractivity contribution in [3.05, 3.63) is 41.5 Å². The average molecular weight is 191 g/mol. The van der Waals surface area contributed by atoms with Crippen LogP contribution in [0.2, 0.25) is 0 Å². The maximum atomic E-state index is 13.4. The normalized spacial score (nSPS) is 10.5. The van der Waals surface area contributed by atoms with Crippen molar-refractivity contribution in [1.82, 2.24) is 5.16 Å². The van der Waals surface area contributed by atoms with Crippen LogP contribution in [0, 0.1) is 19.7 Å². The van der Waals surface area contributed by atoms with E-state index < -0.39 is 0 Å². The summed E-state index contributed by atoms with van der Waals surface area (Å²) in [7, 11) is 0. The second kappa shape index (κ2) is 3.25. The topological polar surface area (TPSA) is 26.0 Å². The van der Waals surface area contributed by atoms with Gasteiger partial charge in [0.1, 0.15) is 11.6 Å². The summed E-state index contributed by atoms with van der Waals surface area (Å²) in [6.45, 7) is 3.58. The van der Waals surface area contributed by atoms with Gasteiger partial charge in [-0.25, -0.2) is 4.39 Å². The zero-order valence-corrected chi connectivity index (χ0v) is 8.04. The molecule has 0 aliphatic heterocycles.